The van der Waals surface area contributed by atoms with E-state index in [1.165, 1.54) is 150 Å². The summed E-state index contributed by atoms with van der Waals surface area (Å²) in [5, 5.41) is 0.781. The Morgan fingerprint density at radius 2 is 0.825 bits per heavy atom. The van der Waals surface area contributed by atoms with Crippen LogP contribution in [0.1, 0.15) is 62.9 Å². The fourth-order valence-corrected chi connectivity index (χ4v) is 22.6. The Morgan fingerprint density at radius 1 is 0.444 bits per heavy atom. The lowest BCUT2D eigenvalue weighted by Gasteiger charge is -2.36. The van der Waals surface area contributed by atoms with Crippen LogP contribution in [0.3, 0.4) is 0 Å². The Bertz CT molecular complexity index is 5230. The summed E-state index contributed by atoms with van der Waals surface area (Å²) in [7, 11) is 16.1. The highest BCUT2D eigenvalue weighted by Crippen LogP contribution is 2.54. The number of para-hydroxylation sites is 6. The molecule has 2 saturated heterocycles. The van der Waals surface area contributed by atoms with Crippen molar-refractivity contribution in [1.29, 1.82) is 0 Å². The number of benzene rings is 10. The van der Waals surface area contributed by atoms with Gasteiger partial charge in [-0.2, -0.15) is 13.2 Å². The van der Waals surface area contributed by atoms with Crippen LogP contribution in [-0.4, -0.2) is 239 Å². The van der Waals surface area contributed by atoms with E-state index in [9.17, 15) is 22.8 Å². The largest absolute Gasteiger partial charge is 0.465 e. The molecule has 0 spiro atoms. The molecule has 2 fully saturated rings. The van der Waals surface area contributed by atoms with Crippen LogP contribution in [0.15, 0.2) is 272 Å². The van der Waals surface area contributed by atoms with Gasteiger partial charge >= 0.3 is 18.1 Å². The van der Waals surface area contributed by atoms with Gasteiger partial charge in [-0.25, -0.2) is 4.79 Å². The molecule has 0 aromatic heterocycles. The van der Waals surface area contributed by atoms with Crippen LogP contribution >= 0.6 is 82.2 Å². The molecule has 0 N–H and O–H groups in total. The minimum absolute atomic E-state index is 0.200. The third kappa shape index (κ3) is 25.6. The standard InChI is InChI=1S/C23H28ClN3O2S.C22H29N3S2.C19H22N2O2S.C18H19F3N2S.C18H22N2S/c1-18(28)29-16-15-26-13-11-25(12-14-26)9-4-10-27-20-5-2-3-6-22(20)30-23-8-7-19(24)17-21(23)27;1-3-26-18-9-10-22-20(17-18)25(19-7-4-5-8-21(19)27-22)12-6-11-24-15-13-23(2)14-16-24;1-13(20(2)3)12-21-15-7-5-6-8-17(15)24-18-10-9-14(11-16(18)21)19(22)23-4;1-22(2)10-5-11-23-14-6-3-4-7-16(14)24-17-9-8-13(12-15(17)23)18(19,20)21;1-14(12-19(2)3)13-20-15-8-4-6-10-17(15)21-18-11-7-5-9-16(18)20/h2-3,5-8,17H,4,9-16H2,1H3;4-5,7-10,17H,3,6,11-16H2,1-2H3;5-11,13H,12H2,1-4H3;3-4,6-9,12H,5,10-11H2,1-2H3;4-11,14H,12-13H2,1-3H3. The molecular formula is C100H120ClF3N12O4S6. The summed E-state index contributed by atoms with van der Waals surface area (Å²) in [5.74, 6) is 1.23. The fraction of sp³-hybridized carbons (Fsp3) is 0.380. The van der Waals surface area contributed by atoms with Crippen molar-refractivity contribution >= 4 is 151 Å². The number of esters is 2. The van der Waals surface area contributed by atoms with E-state index in [2.05, 4.69) is 262 Å². The molecule has 10 aromatic rings. The molecule has 16 nitrogen and oxygen atoms in total. The van der Waals surface area contributed by atoms with Gasteiger partial charge in [0, 0.05) is 170 Å². The van der Waals surface area contributed by atoms with Gasteiger partial charge in [0.05, 0.1) is 75.1 Å². The van der Waals surface area contributed by atoms with Crippen LogP contribution in [0.2, 0.25) is 5.02 Å². The van der Waals surface area contributed by atoms with E-state index in [0.29, 0.717) is 36.4 Å². The number of anilines is 10. The van der Waals surface area contributed by atoms with E-state index >= 15 is 0 Å². The van der Waals surface area contributed by atoms with Crippen molar-refractivity contribution in [2.75, 3.05) is 211 Å². The molecule has 26 heteroatoms. The van der Waals surface area contributed by atoms with Crippen molar-refractivity contribution in [1.82, 2.24) is 34.3 Å². The summed E-state index contributed by atoms with van der Waals surface area (Å²) in [6.45, 7) is 27.4. The van der Waals surface area contributed by atoms with Crippen molar-refractivity contribution < 1.29 is 32.2 Å². The SMILES string of the molecule is CC(=O)OCCN1CCN(CCCN2c3ccccc3Sc3ccc(Cl)cc32)CC1.CC(CN(C)C)CN1c2ccccc2Sc2ccccc21.CCSc1ccc2c(c1)N(CCCN1CCN(C)CC1)c1ccccc1S2.CN(C)CCCN1c2ccccc2Sc2ccc(C(F)(F)F)cc21.COC(=O)c1ccc2c(c1)N(CC(C)N(C)C)c1ccccc1S2. The second-order valence-electron chi connectivity index (χ2n) is 33.2. The molecule has 7 aliphatic heterocycles. The molecule has 2 unspecified atom stereocenters. The highest BCUT2D eigenvalue weighted by atomic mass is 35.5. The first-order valence-electron chi connectivity index (χ1n) is 43.6. The average molecular weight is 1840 g/mol. The zero-order valence-corrected chi connectivity index (χ0v) is 80.3. The number of hydrogen-bond donors (Lipinski definition) is 0. The molecule has 0 amide bonds. The van der Waals surface area contributed by atoms with Gasteiger partial charge in [0.2, 0.25) is 0 Å². The molecule has 668 valence electrons. The van der Waals surface area contributed by atoms with Crippen LogP contribution in [0.4, 0.5) is 70.0 Å². The summed E-state index contributed by atoms with van der Waals surface area (Å²) in [4.78, 5) is 64.8. The lowest BCUT2D eigenvalue weighted by Crippen LogP contribution is -2.47. The van der Waals surface area contributed by atoms with E-state index in [1.54, 1.807) is 17.8 Å². The van der Waals surface area contributed by atoms with Crippen LogP contribution in [-0.2, 0) is 20.4 Å². The third-order valence-corrected chi connectivity index (χ3v) is 29.8. The molecule has 10 aromatic carbocycles. The summed E-state index contributed by atoms with van der Waals surface area (Å²) in [6.07, 6.45) is -1.15. The summed E-state index contributed by atoms with van der Waals surface area (Å²) in [6, 6.07) is 74.5. The van der Waals surface area contributed by atoms with Crippen molar-refractivity contribution in [3.05, 3.63) is 235 Å². The summed E-state index contributed by atoms with van der Waals surface area (Å²) >= 11 is 17.1. The zero-order chi connectivity index (χ0) is 89.0. The maximum absolute atomic E-state index is 13.1. The maximum atomic E-state index is 13.1. The van der Waals surface area contributed by atoms with Crippen molar-refractivity contribution in [2.24, 2.45) is 5.92 Å². The van der Waals surface area contributed by atoms with Gasteiger partial charge in [0.15, 0.2) is 0 Å². The van der Waals surface area contributed by atoms with Crippen LogP contribution in [0, 0.1) is 5.92 Å². The van der Waals surface area contributed by atoms with Crippen LogP contribution in [0.5, 0.6) is 0 Å². The van der Waals surface area contributed by atoms with Crippen molar-refractivity contribution in [3.63, 3.8) is 0 Å². The number of alkyl halides is 3. The Hall–Kier alpha value is -7.96. The highest BCUT2D eigenvalue weighted by Gasteiger charge is 2.35. The van der Waals surface area contributed by atoms with Gasteiger partial charge in [0.25, 0.3) is 0 Å². The topological polar surface area (TPSA) is 91.5 Å². The zero-order valence-electron chi connectivity index (χ0n) is 74.7. The van der Waals surface area contributed by atoms with E-state index < -0.39 is 11.7 Å². The average Bonchev–Trinajstić information content (AvgIpc) is 0.771. The number of ether oxygens (including phenoxy) is 2. The number of hydrogen-bond acceptors (Lipinski definition) is 22. The minimum atomic E-state index is -4.33. The Balaban J connectivity index is 0.000000136. The number of methoxy groups -OCH3 is 1. The van der Waals surface area contributed by atoms with E-state index in [4.69, 9.17) is 21.1 Å². The minimum Gasteiger partial charge on any atom is -0.465 e. The summed E-state index contributed by atoms with van der Waals surface area (Å²) < 4.78 is 49.3. The molecule has 2 atom stereocenters. The Labute approximate surface area is 776 Å². The number of fused-ring (bicyclic) bond motifs is 10. The van der Waals surface area contributed by atoms with E-state index in [1.807, 2.05) is 115 Å². The van der Waals surface area contributed by atoms with Crippen molar-refractivity contribution in [3.8, 4) is 0 Å². The lowest BCUT2D eigenvalue weighted by atomic mass is 10.1. The first-order chi connectivity index (χ1) is 60.9. The number of carbonyl (C=O) groups is 2. The van der Waals surface area contributed by atoms with E-state index in [-0.39, 0.29) is 11.9 Å². The fourth-order valence-electron chi connectivity index (χ4n) is 16.3. The van der Waals surface area contributed by atoms with Gasteiger partial charge in [-0.15, -0.1) is 11.8 Å². The molecular weight excluding hydrogens is 1720 g/mol. The Kier molecular flexibility index (Phi) is 34.9. The number of piperazine rings is 2. The van der Waals surface area contributed by atoms with Gasteiger partial charge in [-0.1, -0.05) is 157 Å². The quantitative estimate of drug-likeness (QED) is 0.0401. The molecule has 17 rings (SSSR count). The number of rotatable bonds is 25. The third-order valence-electron chi connectivity index (χ3n) is 23.0. The van der Waals surface area contributed by atoms with Gasteiger partial charge in [-0.05, 0) is 252 Å². The number of nitrogens with zero attached hydrogens (tertiary/aromatic N) is 12. The lowest BCUT2D eigenvalue weighted by molar-refractivity contribution is -0.141. The number of thioether (sulfide) groups is 1. The predicted molar refractivity (Wildman–Crippen MR) is 525 cm³/mol. The molecule has 0 aliphatic carbocycles. The van der Waals surface area contributed by atoms with Crippen LogP contribution < -0.4 is 24.5 Å². The number of carbonyl (C=O) groups excluding carboxylic acids is 2. The van der Waals surface area contributed by atoms with Gasteiger partial charge < -0.3 is 63.4 Å². The number of likely N-dealkylation sites (N-methyl/N-ethyl adjacent to an activating group) is 2. The van der Waals surface area contributed by atoms with Crippen LogP contribution in [0.25, 0.3) is 0 Å². The normalized spacial score (nSPS) is 15.6. The molecule has 0 saturated carbocycles. The monoisotopic (exact) mass is 1840 g/mol. The summed E-state index contributed by atoms with van der Waals surface area (Å²) in [5.41, 5.74) is 11.8. The molecule has 0 radical (unpaired) electrons. The maximum Gasteiger partial charge on any atom is 0.416 e. The van der Waals surface area contributed by atoms with Gasteiger partial charge in [-0.3, -0.25) is 9.69 Å². The smallest absolute Gasteiger partial charge is 0.416 e. The second-order valence-corrected chi connectivity index (χ2v) is 40.4. The van der Waals surface area contributed by atoms with E-state index in [0.717, 1.165) is 134 Å². The first kappa shape index (κ1) is 95.6. The van der Waals surface area contributed by atoms with Gasteiger partial charge in [0.1, 0.15) is 6.61 Å². The highest BCUT2D eigenvalue weighted by molar-refractivity contribution is 8.01. The second kappa shape index (κ2) is 46.0. The van der Waals surface area contributed by atoms with Crippen molar-refractivity contribution in [2.45, 2.75) is 113 Å². The number of halogens is 4. The molecule has 7 heterocycles. The molecule has 7 aliphatic rings. The Morgan fingerprint density at radius 3 is 1.25 bits per heavy atom. The molecule has 0 bridgehead atoms. The molecule has 126 heavy (non-hydrogen) atoms. The predicted octanol–water partition coefficient (Wildman–Crippen LogP) is 23.3. The first-order valence-corrected chi connectivity index (χ1v) is 49.1.